The van der Waals surface area contributed by atoms with Crippen molar-refractivity contribution in [2.24, 2.45) is 5.73 Å². The first-order chi connectivity index (χ1) is 9.11. The molecule has 2 rings (SSSR count). The molecule has 0 amide bonds. The highest BCUT2D eigenvalue weighted by molar-refractivity contribution is 6.31. The Morgan fingerprint density at radius 1 is 1.16 bits per heavy atom. The zero-order valence-electron chi connectivity index (χ0n) is 11.2. The van der Waals surface area contributed by atoms with Gasteiger partial charge in [0.05, 0.1) is 6.61 Å². The molecule has 19 heavy (non-hydrogen) atoms. The molecule has 0 saturated heterocycles. The molecule has 2 aromatic carbocycles. The highest BCUT2D eigenvalue weighted by atomic mass is 35.5. The molecule has 0 unspecified atom stereocenters. The molecule has 0 aliphatic rings. The minimum Gasteiger partial charge on any atom is -0.493 e. The summed E-state index contributed by atoms with van der Waals surface area (Å²) in [5.41, 5.74) is 9.06. The van der Waals surface area contributed by atoms with E-state index in [1.165, 1.54) is 0 Å². The van der Waals surface area contributed by atoms with Gasteiger partial charge in [0.25, 0.3) is 0 Å². The van der Waals surface area contributed by atoms with E-state index in [4.69, 9.17) is 22.1 Å². The zero-order chi connectivity index (χ0) is 13.8. The highest BCUT2D eigenvalue weighted by Crippen LogP contribution is 2.33. The molecule has 2 N–H and O–H groups in total. The van der Waals surface area contributed by atoms with Gasteiger partial charge >= 0.3 is 0 Å². The standard InChI is InChI=1S/C16H18ClNO/c1-3-19-16-9-8-14(17)10-15(16)13-6-4-12(5-7-13)11(2)18/h4-11H,3,18H2,1-2H3/t11-/m1/s1. The van der Waals surface area contributed by atoms with Crippen molar-refractivity contribution in [3.05, 3.63) is 53.1 Å². The second-order valence-corrected chi connectivity index (χ2v) is 4.92. The molecule has 0 heterocycles. The predicted octanol–water partition coefficient (Wildman–Crippen LogP) is 4.43. The largest absolute Gasteiger partial charge is 0.493 e. The lowest BCUT2D eigenvalue weighted by molar-refractivity contribution is 0.341. The molecular weight excluding hydrogens is 258 g/mol. The van der Waals surface area contributed by atoms with Crippen molar-refractivity contribution in [2.75, 3.05) is 6.61 Å². The molecule has 2 nitrogen and oxygen atoms in total. The maximum absolute atomic E-state index is 6.07. The first-order valence-electron chi connectivity index (χ1n) is 6.40. The third kappa shape index (κ3) is 3.28. The molecule has 0 aromatic heterocycles. The van der Waals surface area contributed by atoms with E-state index in [1.54, 1.807) is 0 Å². The Bertz CT molecular complexity index is 549. The van der Waals surface area contributed by atoms with Gasteiger partial charge in [0.2, 0.25) is 0 Å². The topological polar surface area (TPSA) is 35.2 Å². The molecular formula is C16H18ClNO. The van der Waals surface area contributed by atoms with Gasteiger partial charge in [-0.2, -0.15) is 0 Å². The van der Waals surface area contributed by atoms with Crippen LogP contribution in [0.3, 0.4) is 0 Å². The van der Waals surface area contributed by atoms with Gasteiger partial charge in [0.15, 0.2) is 0 Å². The summed E-state index contributed by atoms with van der Waals surface area (Å²) >= 11 is 6.07. The summed E-state index contributed by atoms with van der Waals surface area (Å²) in [6, 6.07) is 13.9. The number of nitrogens with two attached hydrogens (primary N) is 1. The van der Waals surface area contributed by atoms with Crippen LogP contribution in [0.1, 0.15) is 25.5 Å². The second-order valence-electron chi connectivity index (χ2n) is 4.48. The van der Waals surface area contributed by atoms with Gasteiger partial charge in [-0.15, -0.1) is 0 Å². The van der Waals surface area contributed by atoms with Crippen molar-refractivity contribution < 1.29 is 4.74 Å². The van der Waals surface area contributed by atoms with E-state index >= 15 is 0 Å². The summed E-state index contributed by atoms with van der Waals surface area (Å²) in [5, 5.41) is 0.703. The number of halogens is 1. The Labute approximate surface area is 119 Å². The molecule has 0 saturated carbocycles. The molecule has 0 aliphatic heterocycles. The first-order valence-corrected chi connectivity index (χ1v) is 6.78. The van der Waals surface area contributed by atoms with Crippen LogP contribution in [0.4, 0.5) is 0 Å². The Balaban J connectivity index is 2.42. The summed E-state index contributed by atoms with van der Waals surface area (Å²) in [4.78, 5) is 0. The first kappa shape index (κ1) is 13.9. The van der Waals surface area contributed by atoms with E-state index in [9.17, 15) is 0 Å². The maximum Gasteiger partial charge on any atom is 0.127 e. The Morgan fingerprint density at radius 2 is 1.84 bits per heavy atom. The van der Waals surface area contributed by atoms with Crippen LogP contribution in [0.5, 0.6) is 5.75 Å². The number of ether oxygens (including phenoxy) is 1. The lowest BCUT2D eigenvalue weighted by atomic mass is 10.0. The Morgan fingerprint density at radius 3 is 2.42 bits per heavy atom. The number of rotatable bonds is 4. The Kier molecular flexibility index (Phi) is 4.46. The van der Waals surface area contributed by atoms with Crippen LogP contribution in [0, 0.1) is 0 Å². The van der Waals surface area contributed by atoms with Crippen LogP contribution in [0.15, 0.2) is 42.5 Å². The molecule has 2 aromatic rings. The summed E-state index contributed by atoms with van der Waals surface area (Å²) in [6.07, 6.45) is 0. The summed E-state index contributed by atoms with van der Waals surface area (Å²) in [5.74, 6) is 0.848. The zero-order valence-corrected chi connectivity index (χ0v) is 11.9. The van der Waals surface area contributed by atoms with E-state index in [1.807, 2.05) is 56.3 Å². The summed E-state index contributed by atoms with van der Waals surface area (Å²) in [6.45, 7) is 4.57. The van der Waals surface area contributed by atoms with Crippen LogP contribution in [-0.2, 0) is 0 Å². The van der Waals surface area contributed by atoms with E-state index in [2.05, 4.69) is 0 Å². The molecule has 0 spiro atoms. The molecule has 0 aliphatic carbocycles. The van der Waals surface area contributed by atoms with Crippen LogP contribution in [0.2, 0.25) is 5.02 Å². The second kappa shape index (κ2) is 6.09. The van der Waals surface area contributed by atoms with E-state index in [0.717, 1.165) is 22.4 Å². The molecule has 100 valence electrons. The molecule has 1 atom stereocenters. The van der Waals surface area contributed by atoms with Crippen LogP contribution in [-0.4, -0.2) is 6.61 Å². The quantitative estimate of drug-likeness (QED) is 0.896. The molecule has 0 radical (unpaired) electrons. The van der Waals surface area contributed by atoms with E-state index < -0.39 is 0 Å². The van der Waals surface area contributed by atoms with Crippen molar-refractivity contribution in [1.29, 1.82) is 0 Å². The third-order valence-electron chi connectivity index (χ3n) is 2.99. The number of hydrogen-bond donors (Lipinski definition) is 1. The van der Waals surface area contributed by atoms with Gasteiger partial charge in [-0.25, -0.2) is 0 Å². The molecule has 0 bridgehead atoms. The monoisotopic (exact) mass is 275 g/mol. The number of benzene rings is 2. The normalized spacial score (nSPS) is 12.2. The average molecular weight is 276 g/mol. The van der Waals surface area contributed by atoms with Crippen LogP contribution in [0.25, 0.3) is 11.1 Å². The van der Waals surface area contributed by atoms with Gasteiger partial charge in [0.1, 0.15) is 5.75 Å². The predicted molar refractivity (Wildman–Crippen MR) is 80.7 cm³/mol. The van der Waals surface area contributed by atoms with Crippen molar-refractivity contribution in [3.63, 3.8) is 0 Å². The highest BCUT2D eigenvalue weighted by Gasteiger charge is 2.08. The molecule has 0 fully saturated rings. The lowest BCUT2D eigenvalue weighted by Crippen LogP contribution is -2.04. The molecule has 3 heteroatoms. The van der Waals surface area contributed by atoms with Crippen molar-refractivity contribution in [1.82, 2.24) is 0 Å². The number of hydrogen-bond acceptors (Lipinski definition) is 2. The fourth-order valence-corrected chi connectivity index (χ4v) is 2.15. The average Bonchev–Trinajstić information content (AvgIpc) is 2.41. The van der Waals surface area contributed by atoms with Crippen LogP contribution >= 0.6 is 11.6 Å². The summed E-state index contributed by atoms with van der Waals surface area (Å²) in [7, 11) is 0. The maximum atomic E-state index is 6.07. The Hall–Kier alpha value is -1.51. The lowest BCUT2D eigenvalue weighted by Gasteiger charge is -2.12. The smallest absolute Gasteiger partial charge is 0.127 e. The van der Waals surface area contributed by atoms with Crippen LogP contribution < -0.4 is 10.5 Å². The fraction of sp³-hybridized carbons (Fsp3) is 0.250. The van der Waals surface area contributed by atoms with Crippen molar-refractivity contribution in [3.8, 4) is 16.9 Å². The minimum absolute atomic E-state index is 0.0415. The van der Waals surface area contributed by atoms with Gasteiger partial charge in [0, 0.05) is 16.6 Å². The van der Waals surface area contributed by atoms with Gasteiger partial charge in [-0.3, -0.25) is 0 Å². The van der Waals surface area contributed by atoms with Gasteiger partial charge in [-0.1, -0.05) is 35.9 Å². The summed E-state index contributed by atoms with van der Waals surface area (Å²) < 4.78 is 5.64. The third-order valence-corrected chi connectivity index (χ3v) is 3.22. The van der Waals surface area contributed by atoms with Gasteiger partial charge in [-0.05, 0) is 43.2 Å². The van der Waals surface area contributed by atoms with Crippen molar-refractivity contribution in [2.45, 2.75) is 19.9 Å². The minimum atomic E-state index is 0.0415. The SMILES string of the molecule is CCOc1ccc(Cl)cc1-c1ccc([C@@H](C)N)cc1. The van der Waals surface area contributed by atoms with E-state index in [-0.39, 0.29) is 6.04 Å². The van der Waals surface area contributed by atoms with Gasteiger partial charge < -0.3 is 10.5 Å². The van der Waals surface area contributed by atoms with E-state index in [0.29, 0.717) is 11.6 Å². The van der Waals surface area contributed by atoms with Crippen molar-refractivity contribution >= 4 is 11.6 Å². The fourth-order valence-electron chi connectivity index (χ4n) is 1.98.